The molecule has 0 bridgehead atoms. The van der Waals surface area contributed by atoms with Crippen molar-refractivity contribution >= 4 is 48.0 Å². The van der Waals surface area contributed by atoms with Gasteiger partial charge in [0.2, 0.25) is 0 Å². The first-order valence-electron chi connectivity index (χ1n) is 18.5. The van der Waals surface area contributed by atoms with Crippen molar-refractivity contribution in [2.24, 2.45) is 5.92 Å². The Bertz CT molecular complexity index is 2020. The Balaban J connectivity index is 1.42. The Morgan fingerprint density at radius 3 is 2.24 bits per heavy atom. The number of aliphatic hydroxyl groups excluding tert-OH is 3. The fourth-order valence-electron chi connectivity index (χ4n) is 8.12. The molecule has 6 atom stereocenters. The number of aryl methyl sites for hydroxylation is 1. The van der Waals surface area contributed by atoms with Crippen LogP contribution in [0.5, 0.6) is 5.75 Å². The van der Waals surface area contributed by atoms with Crippen molar-refractivity contribution in [1.82, 2.24) is 15.0 Å². The molecule has 14 nitrogen and oxygen atoms in total. The lowest BCUT2D eigenvalue weighted by Crippen LogP contribution is -2.51. The number of amides is 3. The zero-order valence-electron chi connectivity index (χ0n) is 32.0. The van der Waals surface area contributed by atoms with E-state index in [0.29, 0.717) is 47.7 Å². The first-order chi connectivity index (χ1) is 26.2. The average Bonchev–Trinajstić information content (AvgIpc) is 3.81. The van der Waals surface area contributed by atoms with E-state index < -0.39 is 37.7 Å². The van der Waals surface area contributed by atoms with E-state index in [9.17, 15) is 24.9 Å². The van der Waals surface area contributed by atoms with Gasteiger partial charge in [0.1, 0.15) is 18.0 Å². The van der Waals surface area contributed by atoms with Crippen molar-refractivity contribution in [2.75, 3.05) is 29.3 Å². The molecule has 5 N–H and O–H groups in total. The molecule has 2 aliphatic rings. The van der Waals surface area contributed by atoms with E-state index in [2.05, 4.69) is 53.1 Å². The summed E-state index contributed by atoms with van der Waals surface area (Å²) >= 11 is 0. The monoisotopic (exact) mass is 770 g/mol. The van der Waals surface area contributed by atoms with E-state index in [-0.39, 0.29) is 36.6 Å². The molecule has 15 heteroatoms. The number of hydrogen-bond donors (Lipinski definition) is 5. The number of carbonyl (C=O) groups excluding carboxylic acids is 3. The number of aromatic nitrogens is 3. The van der Waals surface area contributed by atoms with Gasteiger partial charge in [-0.3, -0.25) is 19.1 Å². The topological polar surface area (TPSA) is 188 Å². The second-order valence-electron chi connectivity index (χ2n) is 15.0. The predicted molar refractivity (Wildman–Crippen MR) is 210 cm³/mol. The summed E-state index contributed by atoms with van der Waals surface area (Å²) < 4.78 is 14.5. The van der Waals surface area contributed by atoms with E-state index in [1.165, 1.54) is 19.0 Å². The van der Waals surface area contributed by atoms with Crippen molar-refractivity contribution < 1.29 is 39.2 Å². The summed E-state index contributed by atoms with van der Waals surface area (Å²) in [5.74, 6) is -0.889. The quantitative estimate of drug-likeness (QED) is 0.119. The highest BCUT2D eigenvalue weighted by molar-refractivity contribution is 6.91. The highest BCUT2D eigenvalue weighted by Gasteiger charge is 2.66. The lowest BCUT2D eigenvalue weighted by atomic mass is 9.82. The fourth-order valence-corrected chi connectivity index (χ4v) is 12.2. The van der Waals surface area contributed by atoms with Crippen LogP contribution in [0.2, 0.25) is 18.6 Å². The lowest BCUT2D eigenvalue weighted by molar-refractivity contribution is -0.146. The van der Waals surface area contributed by atoms with Crippen molar-refractivity contribution in [3.8, 4) is 5.75 Å². The van der Waals surface area contributed by atoms with E-state index >= 15 is 4.79 Å². The molecule has 0 saturated carbocycles. The maximum absolute atomic E-state index is 15.3. The van der Waals surface area contributed by atoms with Crippen LogP contribution in [-0.2, 0) is 44.2 Å². The second-order valence-corrected chi connectivity index (χ2v) is 19.7. The molecule has 1 spiro atoms. The van der Waals surface area contributed by atoms with Crippen LogP contribution in [0.1, 0.15) is 44.0 Å². The molecule has 0 unspecified atom stereocenters. The van der Waals surface area contributed by atoms with Gasteiger partial charge >= 0.3 is 0 Å². The summed E-state index contributed by atoms with van der Waals surface area (Å²) in [6.45, 7) is 10.1. The average molecular weight is 771 g/mol. The molecule has 1 aromatic heterocycles. The lowest BCUT2D eigenvalue weighted by Gasteiger charge is -2.37. The molecule has 2 aliphatic heterocycles. The van der Waals surface area contributed by atoms with E-state index in [0.717, 1.165) is 11.3 Å². The summed E-state index contributed by atoms with van der Waals surface area (Å²) in [4.78, 5) is 41.7. The molecular formula is C40H50N6O8Si. The van der Waals surface area contributed by atoms with Crippen LogP contribution in [0.3, 0.4) is 0 Å². The largest absolute Gasteiger partial charge is 0.497 e. The van der Waals surface area contributed by atoms with Crippen molar-refractivity contribution in [2.45, 2.75) is 89.3 Å². The van der Waals surface area contributed by atoms with Gasteiger partial charge in [-0.1, -0.05) is 54.7 Å². The standard InChI is InChI=1S/C40H50N6O8Si/c1-24-36(55(5,6)32-14-12-31(53-4)13-15-32)35(17-19-45-23-30(18-20-47)43-44-45)54-40(24)33-21-29(42-38(51)26(3)49)11-16-34(33)46(39(40)52)22-27-7-9-28(10-8-27)41-37(50)25(2)48/h7-16,21,23-26,35-36,47-49H,17-20,22H2,1-6H3,(H,41,50)(H,42,51)/t24-,25+,26+,35+,36-,40+/m1/s1. The molecular weight excluding hydrogens is 721 g/mol. The predicted octanol–water partition coefficient (Wildman–Crippen LogP) is 3.31. The summed E-state index contributed by atoms with van der Waals surface area (Å²) in [5, 5.41) is 44.2. The molecule has 3 heterocycles. The number of hydrogen-bond acceptors (Lipinski definition) is 10. The number of aliphatic hydroxyl groups is 3. The molecule has 3 amide bonds. The molecule has 292 valence electrons. The normalized spacial score (nSPS) is 21.7. The Morgan fingerprint density at radius 1 is 0.982 bits per heavy atom. The van der Waals surface area contributed by atoms with E-state index in [1.807, 2.05) is 30.5 Å². The Hall–Kier alpha value is -4.93. The van der Waals surface area contributed by atoms with E-state index in [1.54, 1.807) is 47.0 Å². The van der Waals surface area contributed by atoms with Crippen molar-refractivity contribution in [3.05, 3.63) is 89.7 Å². The molecule has 0 radical (unpaired) electrons. The summed E-state index contributed by atoms with van der Waals surface area (Å²) in [7, 11) is -0.826. The van der Waals surface area contributed by atoms with Crippen LogP contribution in [0.4, 0.5) is 17.1 Å². The molecule has 3 aromatic carbocycles. The van der Waals surface area contributed by atoms with Crippen LogP contribution in [0.25, 0.3) is 0 Å². The third-order valence-corrected chi connectivity index (χ3v) is 15.4. The van der Waals surface area contributed by atoms with Crippen LogP contribution < -0.4 is 25.5 Å². The zero-order valence-corrected chi connectivity index (χ0v) is 33.0. The van der Waals surface area contributed by atoms with Gasteiger partial charge in [0.15, 0.2) is 5.60 Å². The number of carbonyl (C=O) groups is 3. The van der Waals surface area contributed by atoms with Gasteiger partial charge in [-0.25, -0.2) is 0 Å². The number of methoxy groups -OCH3 is 1. The first kappa shape index (κ1) is 39.8. The molecule has 1 saturated heterocycles. The first-order valence-corrected chi connectivity index (χ1v) is 21.6. The van der Waals surface area contributed by atoms with Crippen molar-refractivity contribution in [1.29, 1.82) is 0 Å². The second kappa shape index (κ2) is 16.0. The minimum absolute atomic E-state index is 0.0322. The van der Waals surface area contributed by atoms with Gasteiger partial charge in [-0.05, 0) is 73.8 Å². The number of nitrogens with zero attached hydrogens (tertiary/aromatic N) is 4. The Labute approximate surface area is 321 Å². The van der Waals surface area contributed by atoms with Crippen molar-refractivity contribution in [3.63, 3.8) is 0 Å². The molecule has 0 aliphatic carbocycles. The number of fused-ring (bicyclic) bond motifs is 2. The number of rotatable bonds is 14. The smallest absolute Gasteiger partial charge is 0.264 e. The fraction of sp³-hybridized carbons (Fsp3) is 0.425. The SMILES string of the molecule is COc1ccc([Si](C)(C)[C@H]2[C@H](CCn3cc(CCO)nn3)O[C@@]3(C(=O)N(Cc4ccc(NC(=O)[C@H](C)O)cc4)c4ccc(NC(=O)[C@H](C)O)cc43)[C@@H]2C)cc1. The molecule has 6 rings (SSSR count). The number of anilines is 3. The zero-order chi connectivity index (χ0) is 39.7. The van der Waals surface area contributed by atoms with Crippen LogP contribution in [0, 0.1) is 5.92 Å². The highest BCUT2D eigenvalue weighted by atomic mass is 28.3. The summed E-state index contributed by atoms with van der Waals surface area (Å²) in [5.41, 5.74) is 2.22. The van der Waals surface area contributed by atoms with E-state index in [4.69, 9.17) is 9.47 Å². The molecule has 55 heavy (non-hydrogen) atoms. The van der Waals surface area contributed by atoms with Crippen LogP contribution in [-0.4, -0.2) is 88.1 Å². The van der Waals surface area contributed by atoms with Gasteiger partial charge in [-0.2, -0.15) is 0 Å². The van der Waals surface area contributed by atoms with Crippen LogP contribution in [0.15, 0.2) is 72.9 Å². The number of benzene rings is 3. The minimum Gasteiger partial charge on any atom is -0.497 e. The third kappa shape index (κ3) is 7.80. The van der Waals surface area contributed by atoms with Gasteiger partial charge < -0.3 is 40.3 Å². The van der Waals surface area contributed by atoms with Gasteiger partial charge in [0.25, 0.3) is 17.7 Å². The Morgan fingerprint density at radius 2 is 1.62 bits per heavy atom. The van der Waals surface area contributed by atoms with Gasteiger partial charge in [-0.15, -0.1) is 5.10 Å². The third-order valence-electron chi connectivity index (χ3n) is 11.0. The summed E-state index contributed by atoms with van der Waals surface area (Å²) in [6.07, 6.45) is -0.0333. The summed E-state index contributed by atoms with van der Waals surface area (Å²) in [6, 6.07) is 20.5. The number of ether oxygens (including phenoxy) is 2. The Kier molecular flexibility index (Phi) is 11.6. The maximum Gasteiger partial charge on any atom is 0.264 e. The van der Waals surface area contributed by atoms with Gasteiger partial charge in [0.05, 0.1) is 39.2 Å². The minimum atomic E-state index is -2.46. The van der Waals surface area contributed by atoms with Gasteiger partial charge in [0, 0.05) is 48.6 Å². The molecule has 4 aromatic rings. The highest BCUT2D eigenvalue weighted by Crippen LogP contribution is 2.60. The molecule has 1 fully saturated rings. The van der Waals surface area contributed by atoms with Crippen LogP contribution >= 0.6 is 0 Å². The number of nitrogens with one attached hydrogen (secondary N) is 2. The maximum atomic E-state index is 15.3.